The average Bonchev–Trinajstić information content (AvgIpc) is 3.69. The summed E-state index contributed by atoms with van der Waals surface area (Å²) in [5.74, 6) is -1.85. The van der Waals surface area contributed by atoms with Gasteiger partial charge in [-0.05, 0) is 36.4 Å². The lowest BCUT2D eigenvalue weighted by Crippen LogP contribution is -2.56. The van der Waals surface area contributed by atoms with E-state index in [-0.39, 0.29) is 63.2 Å². The summed E-state index contributed by atoms with van der Waals surface area (Å²) < 4.78 is 7.41. The molecule has 0 aliphatic carbocycles. The molecule has 8 N–H and O–H groups in total. The van der Waals surface area contributed by atoms with Crippen molar-refractivity contribution in [3.05, 3.63) is 77.1 Å². The van der Waals surface area contributed by atoms with Gasteiger partial charge in [0.1, 0.15) is 42.5 Å². The number of rotatable bonds is 6. The highest BCUT2D eigenvalue weighted by atomic mass is 16.7. The van der Waals surface area contributed by atoms with Crippen molar-refractivity contribution in [1.82, 2.24) is 19.6 Å². The minimum Gasteiger partial charge on any atom is -0.508 e. The lowest BCUT2D eigenvalue weighted by atomic mass is 9.96. The first kappa shape index (κ1) is 30.2. The van der Waals surface area contributed by atoms with Gasteiger partial charge in [-0.25, -0.2) is 0 Å². The highest BCUT2D eigenvalue weighted by molar-refractivity contribution is 6.39. The second-order valence-corrected chi connectivity index (χ2v) is 11.8. The van der Waals surface area contributed by atoms with Crippen LogP contribution in [-0.4, -0.2) is 98.2 Å². The molecule has 8 rings (SSSR count). The topological polar surface area (TPSA) is 231 Å². The molecule has 2 aliphatic rings. The number of imide groups is 1. The van der Waals surface area contributed by atoms with Gasteiger partial charge >= 0.3 is 0 Å². The fourth-order valence-corrected chi connectivity index (χ4v) is 6.90. The number of nitrogens with one attached hydrogen (secondary N) is 1. The van der Waals surface area contributed by atoms with E-state index in [1.807, 2.05) is 0 Å². The highest BCUT2D eigenvalue weighted by Gasteiger charge is 2.47. The largest absolute Gasteiger partial charge is 0.508 e. The number of aromatic nitrogens is 3. The minimum atomic E-state index is -1.75. The number of hydrogen-bond acceptors (Lipinski definition) is 12. The van der Waals surface area contributed by atoms with Crippen LogP contribution >= 0.6 is 0 Å². The number of phenols is 2. The Morgan fingerprint density at radius 2 is 1.52 bits per heavy atom. The van der Waals surface area contributed by atoms with E-state index in [4.69, 9.17) is 9.57 Å². The number of phenolic OH excluding ortho intramolecular Hbond substituents is 2. The molecule has 0 saturated carbocycles. The molecule has 0 radical (unpaired) electrons. The molecule has 3 aromatic carbocycles. The maximum atomic E-state index is 14.3. The van der Waals surface area contributed by atoms with Crippen molar-refractivity contribution in [2.45, 2.75) is 43.9 Å². The number of pyridine rings is 1. The Balaban J connectivity index is 1.43. The van der Waals surface area contributed by atoms with Gasteiger partial charge in [-0.1, -0.05) is 6.07 Å². The number of aliphatic hydroxyl groups is 5. The van der Waals surface area contributed by atoms with Crippen LogP contribution in [0.1, 0.15) is 38.3 Å². The quantitative estimate of drug-likeness (QED) is 0.119. The van der Waals surface area contributed by atoms with Crippen molar-refractivity contribution in [3.8, 4) is 11.5 Å². The molecule has 6 aromatic rings. The normalized spacial score (nSPS) is 22.9. The minimum absolute atomic E-state index is 0.00237. The summed E-state index contributed by atoms with van der Waals surface area (Å²) in [4.78, 5) is 41.7. The molecule has 15 heteroatoms. The Labute approximate surface area is 269 Å². The van der Waals surface area contributed by atoms with E-state index in [0.29, 0.717) is 32.7 Å². The van der Waals surface area contributed by atoms with E-state index in [9.17, 15) is 45.3 Å². The number of aromatic hydroxyl groups is 2. The number of carbonyl (C=O) groups excluding carboxylic acids is 2. The van der Waals surface area contributed by atoms with Crippen LogP contribution in [0.3, 0.4) is 0 Å². The van der Waals surface area contributed by atoms with Crippen molar-refractivity contribution in [2.24, 2.45) is 0 Å². The molecule has 0 bridgehead atoms. The third-order valence-corrected chi connectivity index (χ3v) is 9.04. The first-order valence-electron chi connectivity index (χ1n) is 15.0. The second-order valence-electron chi connectivity index (χ2n) is 11.8. The lowest BCUT2D eigenvalue weighted by Gasteiger charge is -2.41. The standard InChI is InChI=1S/C33H28N4O11/c38-10-13-2-1-3-14(34-13)12-47-37-31(45)24-22-17-6-4-15(40)8-19(17)35-26(22)27-23(25(24)32(37)46)18-7-5-16(41)9-20(18)36(27)33-30(44)29(43)28(42)21(11-39)48-33/h1-9,21,28-30,33,35,38-44H,10-12H2/t21-,28-,29+,30-,33-/m1/s1. The van der Waals surface area contributed by atoms with Crippen LogP contribution in [-0.2, 0) is 22.8 Å². The number of hydroxylamine groups is 2. The van der Waals surface area contributed by atoms with E-state index in [0.717, 1.165) is 0 Å². The van der Waals surface area contributed by atoms with Crippen molar-refractivity contribution < 1.29 is 54.9 Å². The maximum Gasteiger partial charge on any atom is 0.286 e. The fraction of sp³-hybridized carbons (Fsp3) is 0.242. The number of carbonyl (C=O) groups is 2. The first-order chi connectivity index (χ1) is 23.1. The molecular weight excluding hydrogens is 628 g/mol. The molecule has 5 heterocycles. The zero-order valence-corrected chi connectivity index (χ0v) is 24.8. The zero-order chi connectivity index (χ0) is 33.6. The van der Waals surface area contributed by atoms with Gasteiger partial charge in [-0.3, -0.25) is 19.4 Å². The number of ether oxygens (including phenoxy) is 1. The number of amides is 2. The molecule has 2 amide bonds. The summed E-state index contributed by atoms with van der Waals surface area (Å²) in [7, 11) is 0. The van der Waals surface area contributed by atoms with Gasteiger partial charge in [0, 0.05) is 33.7 Å². The Morgan fingerprint density at radius 3 is 2.25 bits per heavy atom. The number of hydrogen-bond donors (Lipinski definition) is 8. The van der Waals surface area contributed by atoms with Crippen molar-refractivity contribution >= 4 is 55.4 Å². The summed E-state index contributed by atoms with van der Waals surface area (Å²) in [6.45, 7) is -1.30. The molecule has 5 atom stereocenters. The Morgan fingerprint density at radius 1 is 0.833 bits per heavy atom. The molecule has 3 aromatic heterocycles. The molecule has 0 spiro atoms. The molecule has 246 valence electrons. The van der Waals surface area contributed by atoms with Crippen LogP contribution < -0.4 is 0 Å². The van der Waals surface area contributed by atoms with Crippen molar-refractivity contribution in [2.75, 3.05) is 6.61 Å². The van der Waals surface area contributed by atoms with Gasteiger partial charge in [-0.15, -0.1) is 5.06 Å². The number of aliphatic hydroxyl groups excluding tert-OH is 5. The smallest absolute Gasteiger partial charge is 0.286 e. The summed E-state index contributed by atoms with van der Waals surface area (Å²) in [5.41, 5.74) is 1.82. The van der Waals surface area contributed by atoms with Gasteiger partial charge in [-0.2, -0.15) is 0 Å². The highest BCUT2D eigenvalue weighted by Crippen LogP contribution is 2.48. The first-order valence-corrected chi connectivity index (χ1v) is 15.0. The van der Waals surface area contributed by atoms with Crippen LogP contribution in [0.5, 0.6) is 11.5 Å². The summed E-state index contributed by atoms with van der Waals surface area (Å²) >= 11 is 0. The summed E-state index contributed by atoms with van der Waals surface area (Å²) in [6.07, 6.45) is -7.90. The molecule has 2 aliphatic heterocycles. The third-order valence-electron chi connectivity index (χ3n) is 9.04. The molecule has 48 heavy (non-hydrogen) atoms. The van der Waals surface area contributed by atoms with E-state index in [1.165, 1.54) is 34.9 Å². The van der Waals surface area contributed by atoms with Crippen LogP contribution in [0, 0.1) is 0 Å². The molecule has 0 unspecified atom stereocenters. The van der Waals surface area contributed by atoms with Gasteiger partial charge in [0.05, 0.1) is 57.8 Å². The van der Waals surface area contributed by atoms with Crippen LogP contribution in [0.15, 0.2) is 54.6 Å². The summed E-state index contributed by atoms with van der Waals surface area (Å²) in [6, 6.07) is 13.6. The number of benzene rings is 3. The van der Waals surface area contributed by atoms with Crippen LogP contribution in [0.4, 0.5) is 0 Å². The lowest BCUT2D eigenvalue weighted by molar-refractivity contribution is -0.249. The van der Waals surface area contributed by atoms with Crippen molar-refractivity contribution in [1.29, 1.82) is 0 Å². The monoisotopic (exact) mass is 656 g/mol. The second kappa shape index (κ2) is 11.0. The van der Waals surface area contributed by atoms with Crippen LogP contribution in [0.2, 0.25) is 0 Å². The number of aromatic amines is 1. The molecule has 1 saturated heterocycles. The van der Waals surface area contributed by atoms with Gasteiger partial charge < -0.3 is 50.0 Å². The number of H-pyrrole nitrogens is 1. The van der Waals surface area contributed by atoms with Gasteiger partial charge in [0.15, 0.2) is 6.23 Å². The predicted octanol–water partition coefficient (Wildman–Crippen LogP) is 1.43. The number of fused-ring (bicyclic) bond motifs is 10. The fourth-order valence-electron chi connectivity index (χ4n) is 6.90. The molecular formula is C33H28N4O11. The SMILES string of the molecule is O=C1c2c(c3c4ccc(O)cc4n([C@@H]4O[C@H](CO)[C@@H](O)[C@H](O)[C@H]4O)c3c3[nH]c4cc(O)ccc4c23)C(=O)N1OCc1cccc(CO)n1. The van der Waals surface area contributed by atoms with Gasteiger partial charge in [0.25, 0.3) is 11.8 Å². The van der Waals surface area contributed by atoms with E-state index in [1.54, 1.807) is 24.3 Å². The average molecular weight is 657 g/mol. The Bertz CT molecular complexity index is 2310. The van der Waals surface area contributed by atoms with E-state index in [2.05, 4.69) is 9.97 Å². The zero-order valence-electron chi connectivity index (χ0n) is 24.8. The Kier molecular flexibility index (Phi) is 6.90. The van der Waals surface area contributed by atoms with Crippen molar-refractivity contribution in [3.63, 3.8) is 0 Å². The van der Waals surface area contributed by atoms with Crippen LogP contribution in [0.25, 0.3) is 43.6 Å². The van der Waals surface area contributed by atoms with Gasteiger partial charge in [0.2, 0.25) is 0 Å². The van der Waals surface area contributed by atoms with E-state index >= 15 is 0 Å². The predicted molar refractivity (Wildman–Crippen MR) is 167 cm³/mol. The van der Waals surface area contributed by atoms with E-state index < -0.39 is 49.1 Å². The molecule has 15 nitrogen and oxygen atoms in total. The number of nitrogens with zero attached hydrogens (tertiary/aromatic N) is 3. The third kappa shape index (κ3) is 4.23. The Hall–Kier alpha value is -5.13. The molecule has 1 fully saturated rings. The maximum absolute atomic E-state index is 14.3. The summed E-state index contributed by atoms with van der Waals surface area (Å²) in [5, 5.41) is 74.8.